The second-order valence-corrected chi connectivity index (χ2v) is 8.40. The van der Waals surface area contributed by atoms with Crippen LogP contribution in [0.15, 0.2) is 12.3 Å². The third-order valence-corrected chi connectivity index (χ3v) is 3.47. The molecular weight excluding hydrogens is 364 g/mol. The molecule has 9 heteroatoms. The Morgan fingerprint density at radius 2 is 1.93 bits per heavy atom. The number of carbonyl (C=O) groups excluding carboxylic acids is 2. The second-order valence-electron chi connectivity index (χ2n) is 8.40. The van der Waals surface area contributed by atoms with Crippen LogP contribution >= 0.6 is 0 Å². The van der Waals surface area contributed by atoms with Crippen molar-refractivity contribution in [2.24, 2.45) is 0 Å². The maximum absolute atomic E-state index is 12.7. The lowest BCUT2D eigenvalue weighted by Gasteiger charge is -2.24. The quantitative estimate of drug-likeness (QED) is 0.588. The first-order chi connectivity index (χ1) is 12.8. The van der Waals surface area contributed by atoms with Crippen LogP contribution in [0.4, 0.5) is 10.6 Å². The smallest absolute Gasteiger partial charge is 0.408 e. The van der Waals surface area contributed by atoms with E-state index in [2.05, 4.69) is 15.7 Å². The summed E-state index contributed by atoms with van der Waals surface area (Å²) in [6, 6.07) is 0.774. The third-order valence-electron chi connectivity index (χ3n) is 3.47. The fourth-order valence-electron chi connectivity index (χ4n) is 2.49. The summed E-state index contributed by atoms with van der Waals surface area (Å²) in [5.74, 6) is -0.0970. The summed E-state index contributed by atoms with van der Waals surface area (Å²) >= 11 is 0. The minimum absolute atomic E-state index is 0.233. The summed E-state index contributed by atoms with van der Waals surface area (Å²) in [5.41, 5.74) is -1.60. The van der Waals surface area contributed by atoms with E-state index in [9.17, 15) is 14.7 Å². The number of nitrogens with one attached hydrogen (secondary N) is 2. The number of aromatic nitrogens is 2. The molecule has 2 atom stereocenters. The molecule has 0 fully saturated rings. The van der Waals surface area contributed by atoms with Crippen molar-refractivity contribution in [3.05, 3.63) is 12.3 Å². The first-order valence-electron chi connectivity index (χ1n) is 9.47. The molecule has 3 N–H and O–H groups in total. The Balaban J connectivity index is 2.81. The minimum atomic E-state index is -0.930. The maximum atomic E-state index is 12.7. The third kappa shape index (κ3) is 9.70. The molecule has 0 radical (unpaired) electrons. The summed E-state index contributed by atoms with van der Waals surface area (Å²) in [7, 11) is 0. The second kappa shape index (κ2) is 9.88. The first kappa shape index (κ1) is 23.9. The first-order valence-corrected chi connectivity index (χ1v) is 9.47. The Morgan fingerprint density at radius 1 is 1.29 bits per heavy atom. The summed E-state index contributed by atoms with van der Waals surface area (Å²) in [5, 5.41) is 19.4. The van der Waals surface area contributed by atoms with Gasteiger partial charge in [0.05, 0.1) is 18.2 Å². The van der Waals surface area contributed by atoms with Gasteiger partial charge in [-0.15, -0.1) is 0 Å². The summed E-state index contributed by atoms with van der Waals surface area (Å²) in [4.78, 5) is 24.8. The van der Waals surface area contributed by atoms with Gasteiger partial charge in [0, 0.05) is 25.3 Å². The Bertz CT molecular complexity index is 645. The molecular formula is C19H34N4O5. The number of aliphatic hydroxyl groups is 1. The van der Waals surface area contributed by atoms with Gasteiger partial charge in [0.2, 0.25) is 5.91 Å². The molecule has 0 spiro atoms. The van der Waals surface area contributed by atoms with Crippen LogP contribution < -0.4 is 10.6 Å². The normalized spacial score (nSPS) is 14.3. The van der Waals surface area contributed by atoms with Gasteiger partial charge in [0.15, 0.2) is 5.82 Å². The van der Waals surface area contributed by atoms with Crippen LogP contribution in [0.5, 0.6) is 0 Å². The van der Waals surface area contributed by atoms with E-state index < -0.39 is 29.2 Å². The highest BCUT2D eigenvalue weighted by Crippen LogP contribution is 2.12. The van der Waals surface area contributed by atoms with Crippen LogP contribution in [0.1, 0.15) is 54.9 Å². The molecule has 160 valence electrons. The molecule has 28 heavy (non-hydrogen) atoms. The molecule has 1 rings (SSSR count). The Morgan fingerprint density at radius 3 is 2.46 bits per heavy atom. The van der Waals surface area contributed by atoms with Crippen LogP contribution in [-0.2, 0) is 20.8 Å². The number of alkyl carbamates (subject to hydrolysis) is 1. The number of anilines is 1. The average Bonchev–Trinajstić information content (AvgIpc) is 2.89. The Labute approximate surface area is 166 Å². The van der Waals surface area contributed by atoms with Crippen LogP contribution in [-0.4, -0.2) is 56.8 Å². The highest BCUT2D eigenvalue weighted by Gasteiger charge is 2.27. The van der Waals surface area contributed by atoms with E-state index in [-0.39, 0.29) is 19.1 Å². The highest BCUT2D eigenvalue weighted by molar-refractivity contribution is 5.95. The number of nitrogens with zero attached hydrogens (tertiary/aromatic N) is 2. The van der Waals surface area contributed by atoms with E-state index in [0.717, 1.165) is 0 Å². The molecule has 0 aliphatic carbocycles. The summed E-state index contributed by atoms with van der Waals surface area (Å²) in [6.45, 7) is 13.1. The maximum Gasteiger partial charge on any atom is 0.408 e. The van der Waals surface area contributed by atoms with Gasteiger partial charge in [-0.25, -0.2) is 4.79 Å². The van der Waals surface area contributed by atoms with Gasteiger partial charge in [-0.05, 0) is 48.5 Å². The van der Waals surface area contributed by atoms with Gasteiger partial charge < -0.3 is 25.2 Å². The molecule has 1 aromatic heterocycles. The number of hydrogen-bond donors (Lipinski definition) is 3. The van der Waals surface area contributed by atoms with E-state index in [4.69, 9.17) is 9.47 Å². The Hall–Kier alpha value is -2.13. The van der Waals surface area contributed by atoms with Gasteiger partial charge in [0.1, 0.15) is 11.6 Å². The van der Waals surface area contributed by atoms with Crippen molar-refractivity contribution < 1.29 is 24.2 Å². The van der Waals surface area contributed by atoms with Gasteiger partial charge in [-0.3, -0.25) is 9.48 Å². The van der Waals surface area contributed by atoms with Crippen molar-refractivity contribution in [2.75, 3.05) is 11.9 Å². The number of hydrogen-bond acceptors (Lipinski definition) is 6. The fraction of sp³-hybridized carbons (Fsp3) is 0.737. The zero-order valence-electron chi connectivity index (χ0n) is 17.9. The monoisotopic (exact) mass is 398 g/mol. The van der Waals surface area contributed by atoms with Crippen molar-refractivity contribution in [1.29, 1.82) is 0 Å². The van der Waals surface area contributed by atoms with Crippen LogP contribution in [0, 0.1) is 0 Å². The van der Waals surface area contributed by atoms with Crippen molar-refractivity contribution in [1.82, 2.24) is 15.1 Å². The van der Waals surface area contributed by atoms with Crippen molar-refractivity contribution >= 4 is 17.8 Å². The average molecular weight is 399 g/mol. The highest BCUT2D eigenvalue weighted by atomic mass is 16.6. The molecule has 0 saturated heterocycles. The lowest BCUT2D eigenvalue weighted by Crippen LogP contribution is -2.47. The molecule has 1 aromatic rings. The SMILES string of the molecule is CCO[C@@H](C)C[C@H](NC(=O)OC(C)(C)C)C(=O)Nc1ccn(CC(C)(C)O)n1. The van der Waals surface area contributed by atoms with Crippen molar-refractivity contribution in [3.8, 4) is 0 Å². The van der Waals surface area contributed by atoms with E-state index in [1.807, 2.05) is 13.8 Å². The number of carbonyl (C=O) groups is 2. The van der Waals surface area contributed by atoms with E-state index >= 15 is 0 Å². The van der Waals surface area contributed by atoms with E-state index in [1.165, 1.54) is 4.68 Å². The van der Waals surface area contributed by atoms with Crippen LogP contribution in [0.2, 0.25) is 0 Å². The zero-order valence-corrected chi connectivity index (χ0v) is 17.9. The lowest BCUT2D eigenvalue weighted by molar-refractivity contribution is -0.119. The van der Waals surface area contributed by atoms with Gasteiger partial charge >= 0.3 is 6.09 Å². The van der Waals surface area contributed by atoms with Crippen LogP contribution in [0.25, 0.3) is 0 Å². The largest absolute Gasteiger partial charge is 0.444 e. The van der Waals surface area contributed by atoms with Gasteiger partial charge in [-0.1, -0.05) is 0 Å². The molecule has 0 aliphatic rings. The molecule has 0 aliphatic heterocycles. The van der Waals surface area contributed by atoms with Crippen LogP contribution in [0.3, 0.4) is 0 Å². The Kier molecular flexibility index (Phi) is 8.44. The van der Waals surface area contributed by atoms with Gasteiger partial charge in [-0.2, -0.15) is 5.10 Å². The molecule has 0 bridgehead atoms. The van der Waals surface area contributed by atoms with E-state index in [0.29, 0.717) is 12.4 Å². The number of amides is 2. The molecule has 1 heterocycles. The lowest BCUT2D eigenvalue weighted by atomic mass is 10.1. The minimum Gasteiger partial charge on any atom is -0.444 e. The number of rotatable bonds is 9. The molecule has 2 amide bonds. The molecule has 0 saturated carbocycles. The zero-order chi connectivity index (χ0) is 21.5. The van der Waals surface area contributed by atoms with Gasteiger partial charge in [0.25, 0.3) is 0 Å². The molecule has 0 aromatic carbocycles. The molecule has 0 unspecified atom stereocenters. The summed E-state index contributed by atoms with van der Waals surface area (Å²) in [6.07, 6.45) is 1.03. The van der Waals surface area contributed by atoms with Crippen molar-refractivity contribution in [2.45, 2.75) is 84.8 Å². The van der Waals surface area contributed by atoms with E-state index in [1.54, 1.807) is 46.9 Å². The topological polar surface area (TPSA) is 115 Å². The predicted octanol–water partition coefficient (Wildman–Crippen LogP) is 2.30. The fourth-order valence-corrected chi connectivity index (χ4v) is 2.49. The summed E-state index contributed by atoms with van der Waals surface area (Å²) < 4.78 is 12.3. The predicted molar refractivity (Wildman–Crippen MR) is 106 cm³/mol. The standard InChI is InChI=1S/C19H34N4O5/c1-8-27-13(2)11-14(20-17(25)28-18(3,4)5)16(24)21-15-9-10-23(22-15)12-19(6,7)26/h9-10,13-14,26H,8,11-12H2,1-7H3,(H,20,25)(H,21,22,24)/t13-,14-/m0/s1. The van der Waals surface area contributed by atoms with Crippen molar-refractivity contribution in [3.63, 3.8) is 0 Å². The number of ether oxygens (including phenoxy) is 2. The molecule has 9 nitrogen and oxygen atoms in total.